The average Bonchev–Trinajstić information content (AvgIpc) is 2.01. The lowest BCUT2D eigenvalue weighted by atomic mass is 10.2. The highest BCUT2D eigenvalue weighted by Gasteiger charge is 2.03. The number of benzene rings is 1. The Bertz CT molecular complexity index is 289. The van der Waals surface area contributed by atoms with Crippen molar-refractivity contribution in [2.75, 3.05) is 17.6 Å². The molecular weight excluding hydrogens is 270 g/mol. The first-order valence-electron chi connectivity index (χ1n) is 3.63. The summed E-state index contributed by atoms with van der Waals surface area (Å²) in [7, 11) is 0. The van der Waals surface area contributed by atoms with Crippen molar-refractivity contribution in [3.05, 3.63) is 21.5 Å². The number of halogens is 2. The third-order valence-electron chi connectivity index (χ3n) is 1.46. The molecule has 0 spiro atoms. The summed E-state index contributed by atoms with van der Waals surface area (Å²) < 4.78 is 13.5. The molecule has 66 valence electrons. The quantitative estimate of drug-likeness (QED) is 0.645. The van der Waals surface area contributed by atoms with Crippen LogP contribution in [-0.2, 0) is 0 Å². The standard InChI is InChI=1S/C8H10FIN2/c1-2-12-8-3-5(9)6(10)4-7(8)11/h3-4,12H,2,11H2,1H3. The molecule has 0 unspecified atom stereocenters. The van der Waals surface area contributed by atoms with E-state index in [4.69, 9.17) is 5.73 Å². The van der Waals surface area contributed by atoms with Gasteiger partial charge in [-0.2, -0.15) is 0 Å². The number of nitrogens with two attached hydrogens (primary N) is 1. The Labute approximate surface area is 84.5 Å². The Kier molecular flexibility index (Phi) is 3.13. The van der Waals surface area contributed by atoms with Crippen LogP contribution in [0.2, 0.25) is 0 Å². The van der Waals surface area contributed by atoms with Crippen molar-refractivity contribution in [1.29, 1.82) is 0 Å². The fraction of sp³-hybridized carbons (Fsp3) is 0.250. The zero-order valence-corrected chi connectivity index (χ0v) is 8.85. The summed E-state index contributed by atoms with van der Waals surface area (Å²) >= 11 is 1.91. The maximum atomic E-state index is 13.0. The number of nitrogen functional groups attached to an aromatic ring is 1. The van der Waals surface area contributed by atoms with Gasteiger partial charge in [0.2, 0.25) is 0 Å². The first-order valence-corrected chi connectivity index (χ1v) is 4.71. The predicted octanol–water partition coefficient (Wildman–Crippen LogP) is 2.44. The van der Waals surface area contributed by atoms with Crippen molar-refractivity contribution < 1.29 is 4.39 Å². The predicted molar refractivity (Wildman–Crippen MR) is 57.7 cm³/mol. The van der Waals surface area contributed by atoms with Gasteiger partial charge in [0.15, 0.2) is 0 Å². The van der Waals surface area contributed by atoms with Crippen LogP contribution in [0.1, 0.15) is 6.92 Å². The van der Waals surface area contributed by atoms with Gasteiger partial charge in [-0.3, -0.25) is 0 Å². The molecule has 1 rings (SSSR count). The number of rotatable bonds is 2. The Balaban J connectivity index is 3.05. The maximum absolute atomic E-state index is 13.0. The lowest BCUT2D eigenvalue weighted by molar-refractivity contribution is 0.621. The van der Waals surface area contributed by atoms with Crippen molar-refractivity contribution in [2.45, 2.75) is 6.92 Å². The number of anilines is 2. The monoisotopic (exact) mass is 280 g/mol. The van der Waals surface area contributed by atoms with E-state index in [1.807, 2.05) is 29.5 Å². The Morgan fingerprint density at radius 3 is 2.83 bits per heavy atom. The van der Waals surface area contributed by atoms with Gasteiger partial charge in [0.1, 0.15) is 5.82 Å². The highest BCUT2D eigenvalue weighted by atomic mass is 127. The minimum Gasteiger partial charge on any atom is -0.397 e. The lowest BCUT2D eigenvalue weighted by Gasteiger charge is -2.07. The summed E-state index contributed by atoms with van der Waals surface area (Å²) in [5.41, 5.74) is 6.89. The first kappa shape index (κ1) is 9.57. The SMILES string of the molecule is CCNc1cc(F)c(I)cc1N. The summed E-state index contributed by atoms with van der Waals surface area (Å²) in [6.07, 6.45) is 0. The molecule has 0 aliphatic heterocycles. The molecule has 1 aromatic rings. The van der Waals surface area contributed by atoms with Crippen LogP contribution in [0.25, 0.3) is 0 Å². The second-order valence-corrected chi connectivity index (χ2v) is 3.55. The molecule has 4 heteroatoms. The molecule has 0 amide bonds. The summed E-state index contributed by atoms with van der Waals surface area (Å²) in [6, 6.07) is 3.04. The van der Waals surface area contributed by atoms with Crippen LogP contribution in [0.15, 0.2) is 12.1 Å². The van der Waals surface area contributed by atoms with Crippen molar-refractivity contribution in [3.8, 4) is 0 Å². The van der Waals surface area contributed by atoms with Gasteiger partial charge in [0.25, 0.3) is 0 Å². The molecule has 0 aliphatic rings. The molecule has 3 N–H and O–H groups in total. The molecule has 0 aliphatic carbocycles. The summed E-state index contributed by atoms with van der Waals surface area (Å²) in [5.74, 6) is -0.235. The topological polar surface area (TPSA) is 38.0 Å². The molecular formula is C8H10FIN2. The molecule has 0 saturated heterocycles. The Morgan fingerprint density at radius 2 is 2.25 bits per heavy atom. The minimum absolute atomic E-state index is 0.235. The third kappa shape index (κ3) is 2.00. The van der Waals surface area contributed by atoms with Crippen molar-refractivity contribution in [3.63, 3.8) is 0 Å². The maximum Gasteiger partial charge on any atom is 0.138 e. The van der Waals surface area contributed by atoms with E-state index in [0.717, 1.165) is 6.54 Å². The average molecular weight is 280 g/mol. The van der Waals surface area contributed by atoms with Gasteiger partial charge >= 0.3 is 0 Å². The molecule has 0 saturated carbocycles. The second-order valence-electron chi connectivity index (χ2n) is 2.38. The highest BCUT2D eigenvalue weighted by molar-refractivity contribution is 14.1. The van der Waals surface area contributed by atoms with E-state index < -0.39 is 0 Å². The van der Waals surface area contributed by atoms with E-state index in [1.54, 1.807) is 6.07 Å². The third-order valence-corrected chi connectivity index (χ3v) is 2.29. The van der Waals surface area contributed by atoms with E-state index in [0.29, 0.717) is 14.9 Å². The van der Waals surface area contributed by atoms with E-state index >= 15 is 0 Å². The van der Waals surface area contributed by atoms with Gasteiger partial charge in [-0.15, -0.1) is 0 Å². The van der Waals surface area contributed by atoms with Gasteiger partial charge in [-0.25, -0.2) is 4.39 Å². The van der Waals surface area contributed by atoms with Crippen molar-refractivity contribution in [1.82, 2.24) is 0 Å². The molecule has 0 aromatic heterocycles. The van der Waals surface area contributed by atoms with Gasteiger partial charge in [0.05, 0.1) is 14.9 Å². The number of nitrogens with one attached hydrogen (secondary N) is 1. The molecule has 0 bridgehead atoms. The Hall–Kier alpha value is -0.520. The largest absolute Gasteiger partial charge is 0.397 e. The van der Waals surface area contributed by atoms with E-state index in [9.17, 15) is 4.39 Å². The first-order chi connectivity index (χ1) is 5.65. The smallest absolute Gasteiger partial charge is 0.138 e. The fourth-order valence-corrected chi connectivity index (χ4v) is 1.40. The number of hydrogen-bond acceptors (Lipinski definition) is 2. The lowest BCUT2D eigenvalue weighted by Crippen LogP contribution is -2.02. The van der Waals surface area contributed by atoms with Gasteiger partial charge in [-0.1, -0.05) is 0 Å². The zero-order chi connectivity index (χ0) is 9.14. The van der Waals surface area contributed by atoms with Gasteiger partial charge < -0.3 is 11.1 Å². The molecule has 0 fully saturated rings. The van der Waals surface area contributed by atoms with Crippen LogP contribution in [0, 0.1) is 9.39 Å². The molecule has 0 radical (unpaired) electrons. The van der Waals surface area contributed by atoms with Crippen LogP contribution in [-0.4, -0.2) is 6.54 Å². The summed E-state index contributed by atoms with van der Waals surface area (Å²) in [5, 5.41) is 2.98. The minimum atomic E-state index is -0.235. The molecule has 1 aromatic carbocycles. The molecule has 0 heterocycles. The van der Waals surface area contributed by atoms with E-state index in [-0.39, 0.29) is 5.82 Å². The van der Waals surface area contributed by atoms with E-state index in [2.05, 4.69) is 5.32 Å². The van der Waals surface area contributed by atoms with Crippen LogP contribution >= 0.6 is 22.6 Å². The summed E-state index contributed by atoms with van der Waals surface area (Å²) in [6.45, 7) is 2.68. The van der Waals surface area contributed by atoms with Crippen LogP contribution in [0.4, 0.5) is 15.8 Å². The van der Waals surface area contributed by atoms with E-state index in [1.165, 1.54) is 6.07 Å². The van der Waals surface area contributed by atoms with Crippen LogP contribution in [0.3, 0.4) is 0 Å². The second kappa shape index (κ2) is 3.93. The molecule has 2 nitrogen and oxygen atoms in total. The zero-order valence-electron chi connectivity index (χ0n) is 6.70. The van der Waals surface area contributed by atoms with Crippen LogP contribution < -0.4 is 11.1 Å². The summed E-state index contributed by atoms with van der Waals surface area (Å²) in [4.78, 5) is 0. The molecule has 12 heavy (non-hydrogen) atoms. The normalized spacial score (nSPS) is 9.92. The fourth-order valence-electron chi connectivity index (χ4n) is 0.906. The highest BCUT2D eigenvalue weighted by Crippen LogP contribution is 2.23. The van der Waals surface area contributed by atoms with Crippen LogP contribution in [0.5, 0.6) is 0 Å². The van der Waals surface area contributed by atoms with Gasteiger partial charge in [-0.05, 0) is 35.6 Å². The van der Waals surface area contributed by atoms with Gasteiger partial charge in [0, 0.05) is 12.6 Å². The molecule has 0 atom stereocenters. The number of hydrogen-bond donors (Lipinski definition) is 2. The van der Waals surface area contributed by atoms with Crippen molar-refractivity contribution in [2.24, 2.45) is 0 Å². The Morgan fingerprint density at radius 1 is 1.58 bits per heavy atom. The van der Waals surface area contributed by atoms with Crippen molar-refractivity contribution >= 4 is 34.0 Å².